The van der Waals surface area contributed by atoms with Gasteiger partial charge in [-0.15, -0.1) is 0 Å². The molecule has 0 bridgehead atoms. The van der Waals surface area contributed by atoms with Gasteiger partial charge in [0.05, 0.1) is 0 Å². The van der Waals surface area contributed by atoms with Crippen molar-refractivity contribution in [1.82, 2.24) is 0 Å². The number of ether oxygens (including phenoxy) is 1. The monoisotopic (exact) mass is 211 g/mol. The van der Waals surface area contributed by atoms with E-state index < -0.39 is 5.60 Å². The third-order valence-electron chi connectivity index (χ3n) is 2.98. The lowest BCUT2D eigenvalue weighted by Gasteiger charge is -2.30. The van der Waals surface area contributed by atoms with E-state index in [1.165, 1.54) is 6.07 Å². The van der Waals surface area contributed by atoms with Gasteiger partial charge in [-0.3, -0.25) is 0 Å². The first-order valence-corrected chi connectivity index (χ1v) is 5.11. The van der Waals surface area contributed by atoms with E-state index >= 15 is 0 Å². The SMILES string of the molecule is CCC(CN)(OC)c1ccc(F)c(C)c1. The van der Waals surface area contributed by atoms with Crippen LogP contribution < -0.4 is 5.73 Å². The maximum atomic E-state index is 13.1. The molecule has 2 nitrogen and oxygen atoms in total. The van der Waals surface area contributed by atoms with Gasteiger partial charge in [0.1, 0.15) is 11.4 Å². The molecule has 0 aromatic heterocycles. The predicted octanol–water partition coefficient (Wildman–Crippen LogP) is 2.34. The fourth-order valence-corrected chi connectivity index (χ4v) is 1.74. The molecule has 1 aromatic carbocycles. The molecular formula is C12H18FNO. The van der Waals surface area contributed by atoms with E-state index in [1.54, 1.807) is 26.2 Å². The molecule has 1 unspecified atom stereocenters. The largest absolute Gasteiger partial charge is 0.372 e. The summed E-state index contributed by atoms with van der Waals surface area (Å²) in [6.07, 6.45) is 0.769. The number of hydrogen-bond donors (Lipinski definition) is 1. The smallest absolute Gasteiger partial charge is 0.126 e. The summed E-state index contributed by atoms with van der Waals surface area (Å²) in [6.45, 7) is 4.14. The van der Waals surface area contributed by atoms with Gasteiger partial charge >= 0.3 is 0 Å². The van der Waals surface area contributed by atoms with E-state index in [0.717, 1.165) is 12.0 Å². The van der Waals surface area contributed by atoms with Crippen LogP contribution in [0.25, 0.3) is 0 Å². The van der Waals surface area contributed by atoms with Crippen LogP contribution in [0.2, 0.25) is 0 Å². The van der Waals surface area contributed by atoms with Crippen molar-refractivity contribution < 1.29 is 9.13 Å². The first kappa shape index (κ1) is 12.1. The van der Waals surface area contributed by atoms with E-state index in [1.807, 2.05) is 6.92 Å². The molecule has 0 aliphatic carbocycles. The van der Waals surface area contributed by atoms with Crippen LogP contribution >= 0.6 is 0 Å². The Bertz CT molecular complexity index is 326. The van der Waals surface area contributed by atoms with Gasteiger partial charge < -0.3 is 10.5 Å². The number of halogens is 1. The first-order valence-electron chi connectivity index (χ1n) is 5.11. The average molecular weight is 211 g/mol. The van der Waals surface area contributed by atoms with Gasteiger partial charge in [0, 0.05) is 13.7 Å². The minimum atomic E-state index is -0.488. The van der Waals surface area contributed by atoms with Crippen LogP contribution in [-0.4, -0.2) is 13.7 Å². The molecule has 0 amide bonds. The fourth-order valence-electron chi connectivity index (χ4n) is 1.74. The summed E-state index contributed by atoms with van der Waals surface area (Å²) < 4.78 is 18.6. The molecule has 84 valence electrons. The minimum Gasteiger partial charge on any atom is -0.372 e. The number of rotatable bonds is 4. The summed E-state index contributed by atoms with van der Waals surface area (Å²) in [7, 11) is 1.63. The number of benzene rings is 1. The first-order chi connectivity index (χ1) is 7.09. The highest BCUT2D eigenvalue weighted by molar-refractivity contribution is 5.29. The highest BCUT2D eigenvalue weighted by atomic mass is 19.1. The molecule has 0 saturated heterocycles. The maximum absolute atomic E-state index is 13.1. The van der Waals surface area contributed by atoms with Gasteiger partial charge in [0.15, 0.2) is 0 Å². The summed E-state index contributed by atoms with van der Waals surface area (Å²) in [5.74, 6) is -0.197. The molecule has 1 rings (SSSR count). The standard InChI is InChI=1S/C12H18FNO/c1-4-12(8-14,15-3)10-5-6-11(13)9(2)7-10/h5-7H,4,8,14H2,1-3H3. The number of nitrogens with two attached hydrogens (primary N) is 1. The van der Waals surface area contributed by atoms with Crippen molar-refractivity contribution in [3.05, 3.63) is 35.1 Å². The van der Waals surface area contributed by atoms with E-state index in [9.17, 15) is 4.39 Å². The Morgan fingerprint density at radius 1 is 1.47 bits per heavy atom. The van der Waals surface area contributed by atoms with Gasteiger partial charge in [0.2, 0.25) is 0 Å². The quantitative estimate of drug-likeness (QED) is 0.829. The Labute approximate surface area is 90.2 Å². The van der Waals surface area contributed by atoms with Crippen LogP contribution in [0, 0.1) is 12.7 Å². The van der Waals surface area contributed by atoms with Crippen molar-refractivity contribution in [2.75, 3.05) is 13.7 Å². The Morgan fingerprint density at radius 2 is 2.13 bits per heavy atom. The van der Waals surface area contributed by atoms with Crippen LogP contribution in [0.3, 0.4) is 0 Å². The Hall–Kier alpha value is -0.930. The van der Waals surface area contributed by atoms with Crippen LogP contribution in [0.1, 0.15) is 24.5 Å². The molecule has 0 aliphatic rings. The molecule has 15 heavy (non-hydrogen) atoms. The molecule has 0 heterocycles. The zero-order chi connectivity index (χ0) is 11.5. The van der Waals surface area contributed by atoms with E-state index in [0.29, 0.717) is 12.1 Å². The molecule has 0 fully saturated rings. The van der Waals surface area contributed by atoms with Crippen molar-refractivity contribution in [3.8, 4) is 0 Å². The number of aryl methyl sites for hydroxylation is 1. The average Bonchev–Trinajstić information content (AvgIpc) is 2.26. The second kappa shape index (κ2) is 4.73. The summed E-state index contributed by atoms with van der Waals surface area (Å²) in [5, 5.41) is 0. The third-order valence-corrected chi connectivity index (χ3v) is 2.98. The van der Waals surface area contributed by atoms with Crippen LogP contribution in [0.4, 0.5) is 4.39 Å². The molecule has 1 atom stereocenters. The van der Waals surface area contributed by atoms with E-state index in [4.69, 9.17) is 10.5 Å². The predicted molar refractivity (Wildman–Crippen MR) is 59.2 cm³/mol. The molecule has 0 aliphatic heterocycles. The lowest BCUT2D eigenvalue weighted by atomic mass is 9.90. The third kappa shape index (κ3) is 2.19. The normalized spacial score (nSPS) is 15.0. The molecular weight excluding hydrogens is 193 g/mol. The van der Waals surface area contributed by atoms with Crippen LogP contribution in [-0.2, 0) is 10.3 Å². The molecule has 2 N–H and O–H groups in total. The van der Waals surface area contributed by atoms with Crippen molar-refractivity contribution in [2.24, 2.45) is 5.73 Å². The number of methoxy groups -OCH3 is 1. The van der Waals surface area contributed by atoms with Gasteiger partial charge in [0.25, 0.3) is 0 Å². The zero-order valence-corrected chi connectivity index (χ0v) is 9.51. The Kier molecular flexibility index (Phi) is 3.83. The molecule has 0 spiro atoms. The number of hydrogen-bond acceptors (Lipinski definition) is 2. The Balaban J connectivity index is 3.17. The van der Waals surface area contributed by atoms with Gasteiger partial charge in [-0.25, -0.2) is 4.39 Å². The highest BCUT2D eigenvalue weighted by Crippen LogP contribution is 2.28. The van der Waals surface area contributed by atoms with E-state index in [2.05, 4.69) is 0 Å². The van der Waals surface area contributed by atoms with Crippen LogP contribution in [0.5, 0.6) is 0 Å². The van der Waals surface area contributed by atoms with Crippen molar-refractivity contribution in [2.45, 2.75) is 25.9 Å². The van der Waals surface area contributed by atoms with E-state index in [-0.39, 0.29) is 5.82 Å². The topological polar surface area (TPSA) is 35.2 Å². The molecule has 1 aromatic rings. The lowest BCUT2D eigenvalue weighted by molar-refractivity contribution is -0.0104. The fraction of sp³-hybridized carbons (Fsp3) is 0.500. The second-order valence-corrected chi connectivity index (χ2v) is 3.72. The van der Waals surface area contributed by atoms with Crippen molar-refractivity contribution >= 4 is 0 Å². The lowest BCUT2D eigenvalue weighted by Crippen LogP contribution is -2.36. The summed E-state index contributed by atoms with van der Waals surface area (Å²) >= 11 is 0. The molecule has 0 saturated carbocycles. The van der Waals surface area contributed by atoms with Crippen LogP contribution in [0.15, 0.2) is 18.2 Å². The van der Waals surface area contributed by atoms with Gasteiger partial charge in [-0.2, -0.15) is 0 Å². The second-order valence-electron chi connectivity index (χ2n) is 3.72. The zero-order valence-electron chi connectivity index (χ0n) is 9.51. The van der Waals surface area contributed by atoms with Crippen molar-refractivity contribution in [3.63, 3.8) is 0 Å². The minimum absolute atomic E-state index is 0.197. The maximum Gasteiger partial charge on any atom is 0.126 e. The van der Waals surface area contributed by atoms with Crippen molar-refractivity contribution in [1.29, 1.82) is 0 Å². The Morgan fingerprint density at radius 3 is 2.53 bits per heavy atom. The summed E-state index contributed by atoms with van der Waals surface area (Å²) in [4.78, 5) is 0. The summed E-state index contributed by atoms with van der Waals surface area (Å²) in [6, 6.07) is 5.00. The summed E-state index contributed by atoms with van der Waals surface area (Å²) in [5.41, 5.74) is 6.80. The molecule has 3 heteroatoms. The van der Waals surface area contributed by atoms with Gasteiger partial charge in [-0.05, 0) is 30.5 Å². The molecule has 0 radical (unpaired) electrons. The van der Waals surface area contributed by atoms with Gasteiger partial charge in [-0.1, -0.05) is 19.1 Å². The highest BCUT2D eigenvalue weighted by Gasteiger charge is 2.28.